The number of carboxylic acids is 1. The summed E-state index contributed by atoms with van der Waals surface area (Å²) in [5, 5.41) is 11.3. The number of rotatable bonds is 5. The van der Waals surface area contributed by atoms with Crippen LogP contribution in [0.3, 0.4) is 0 Å². The van der Waals surface area contributed by atoms with Crippen LogP contribution in [-0.2, 0) is 19.4 Å². The number of carbonyl (C=O) groups excluding carboxylic acids is 1. The summed E-state index contributed by atoms with van der Waals surface area (Å²) in [7, 11) is -4.10. The highest BCUT2D eigenvalue weighted by atomic mass is 32.2. The van der Waals surface area contributed by atoms with Crippen molar-refractivity contribution in [3.8, 4) is 0 Å². The van der Waals surface area contributed by atoms with Gasteiger partial charge in [-0.3, -0.25) is 9.59 Å². The molecule has 7 heteroatoms. The number of carboxylic acid groups (broad SMARTS) is 1. The monoisotopic (exact) mass is 299 g/mol. The van der Waals surface area contributed by atoms with E-state index in [-0.39, 0.29) is 0 Å². The number of nitrogens with one attached hydrogen (secondary N) is 1. The van der Waals surface area contributed by atoms with Crippen molar-refractivity contribution in [3.05, 3.63) is 29.8 Å². The molecule has 0 radical (unpaired) electrons. The molecule has 0 heterocycles. The van der Waals surface area contributed by atoms with Gasteiger partial charge in [-0.25, -0.2) is 8.42 Å². The first-order valence-corrected chi connectivity index (χ1v) is 7.54. The van der Waals surface area contributed by atoms with Crippen LogP contribution in [0.15, 0.2) is 24.3 Å². The number of carbonyl (C=O) groups is 2. The van der Waals surface area contributed by atoms with E-state index >= 15 is 0 Å². The van der Waals surface area contributed by atoms with Gasteiger partial charge in [0.15, 0.2) is 14.6 Å². The Morgan fingerprint density at radius 3 is 2.40 bits per heavy atom. The summed E-state index contributed by atoms with van der Waals surface area (Å²) in [6.07, 6.45) is 0. The molecule has 1 amide bonds. The zero-order valence-electron chi connectivity index (χ0n) is 11.5. The van der Waals surface area contributed by atoms with Crippen molar-refractivity contribution in [2.75, 3.05) is 11.1 Å². The van der Waals surface area contributed by atoms with Crippen LogP contribution in [0.25, 0.3) is 0 Å². The minimum absolute atomic E-state index is 0.471. The fourth-order valence-electron chi connectivity index (χ4n) is 1.41. The number of hydrogen-bond acceptors (Lipinski definition) is 4. The van der Waals surface area contributed by atoms with E-state index in [0.717, 1.165) is 19.4 Å². The van der Waals surface area contributed by atoms with E-state index in [1.54, 1.807) is 18.2 Å². The largest absolute Gasteiger partial charge is 0.480 e. The molecule has 1 rings (SSSR count). The van der Waals surface area contributed by atoms with Crippen LogP contribution >= 0.6 is 0 Å². The molecule has 1 aromatic carbocycles. The van der Waals surface area contributed by atoms with Crippen molar-refractivity contribution in [3.63, 3.8) is 0 Å². The van der Waals surface area contributed by atoms with Crippen LogP contribution in [0.1, 0.15) is 19.4 Å². The molecule has 0 saturated carbocycles. The topological polar surface area (TPSA) is 101 Å². The molecule has 0 aromatic heterocycles. The van der Waals surface area contributed by atoms with Gasteiger partial charge in [0.2, 0.25) is 5.91 Å². The van der Waals surface area contributed by atoms with Crippen molar-refractivity contribution in [1.82, 2.24) is 0 Å². The first kappa shape index (κ1) is 16.2. The molecule has 0 unspecified atom stereocenters. The lowest BCUT2D eigenvalue weighted by Gasteiger charge is -2.19. The Bertz CT molecular complexity index is 634. The van der Waals surface area contributed by atoms with E-state index in [9.17, 15) is 18.0 Å². The van der Waals surface area contributed by atoms with Crippen molar-refractivity contribution in [2.45, 2.75) is 25.5 Å². The zero-order valence-corrected chi connectivity index (χ0v) is 12.3. The molecule has 0 aliphatic rings. The van der Waals surface area contributed by atoms with E-state index in [1.165, 1.54) is 0 Å². The number of hydrogen-bond donors (Lipinski definition) is 2. The Morgan fingerprint density at radius 2 is 1.90 bits per heavy atom. The Morgan fingerprint density at radius 1 is 1.30 bits per heavy atom. The Balaban J connectivity index is 2.84. The van der Waals surface area contributed by atoms with Gasteiger partial charge in [0, 0.05) is 5.69 Å². The maximum atomic E-state index is 11.9. The van der Waals surface area contributed by atoms with E-state index in [0.29, 0.717) is 5.69 Å². The summed E-state index contributed by atoms with van der Waals surface area (Å²) in [6, 6.07) is 6.87. The third-order valence-electron chi connectivity index (χ3n) is 2.92. The quantitative estimate of drug-likeness (QED) is 0.851. The summed E-state index contributed by atoms with van der Waals surface area (Å²) < 4.78 is 21.8. The number of aryl methyl sites for hydroxylation is 1. The minimum Gasteiger partial charge on any atom is -0.480 e. The molecule has 0 aliphatic carbocycles. The lowest BCUT2D eigenvalue weighted by molar-refractivity contribution is -0.139. The highest BCUT2D eigenvalue weighted by Gasteiger charge is 2.42. The first-order valence-electron chi connectivity index (χ1n) is 5.88. The summed E-state index contributed by atoms with van der Waals surface area (Å²) in [6.45, 7) is 3.95. The van der Waals surface area contributed by atoms with Gasteiger partial charge >= 0.3 is 5.97 Å². The van der Waals surface area contributed by atoms with Gasteiger partial charge in [-0.1, -0.05) is 12.1 Å². The number of benzene rings is 1. The molecule has 6 nitrogen and oxygen atoms in total. The summed E-state index contributed by atoms with van der Waals surface area (Å²) in [4.78, 5) is 22.7. The van der Waals surface area contributed by atoms with E-state index in [1.807, 2.05) is 13.0 Å². The standard InChI is InChI=1S/C13H17NO5S/c1-9-5-4-6-10(7-9)14-11(15)8-20(18,19)13(2,3)12(16)17/h4-7H,8H2,1-3H3,(H,14,15)(H,16,17). The zero-order chi connectivity index (χ0) is 15.6. The number of aliphatic carboxylic acids is 1. The Labute approximate surface area is 117 Å². The average Bonchev–Trinajstić information content (AvgIpc) is 2.27. The second-order valence-corrected chi connectivity index (χ2v) is 7.53. The van der Waals surface area contributed by atoms with Crippen molar-refractivity contribution in [2.24, 2.45) is 0 Å². The van der Waals surface area contributed by atoms with Crippen molar-refractivity contribution >= 4 is 27.4 Å². The van der Waals surface area contributed by atoms with Crippen molar-refractivity contribution < 1.29 is 23.1 Å². The predicted octanol–water partition coefficient (Wildman–Crippen LogP) is 1.21. The summed E-state index contributed by atoms with van der Waals surface area (Å²) >= 11 is 0. The fourth-order valence-corrected chi connectivity index (χ4v) is 2.45. The molecule has 0 fully saturated rings. The van der Waals surface area contributed by atoms with Gasteiger partial charge in [0.1, 0.15) is 5.75 Å². The molecule has 1 aromatic rings. The molecule has 0 aliphatic heterocycles. The highest BCUT2D eigenvalue weighted by molar-refractivity contribution is 7.94. The molecular weight excluding hydrogens is 282 g/mol. The minimum atomic E-state index is -4.10. The van der Waals surface area contributed by atoms with E-state index in [2.05, 4.69) is 5.32 Å². The van der Waals surface area contributed by atoms with Gasteiger partial charge in [-0.05, 0) is 38.5 Å². The Hall–Kier alpha value is -1.89. The molecule has 0 atom stereocenters. The van der Waals surface area contributed by atoms with Crippen molar-refractivity contribution in [1.29, 1.82) is 0 Å². The van der Waals surface area contributed by atoms with Crippen LogP contribution in [0.2, 0.25) is 0 Å². The van der Waals surface area contributed by atoms with Gasteiger partial charge in [-0.2, -0.15) is 0 Å². The second-order valence-electron chi connectivity index (χ2n) is 4.99. The van der Waals surface area contributed by atoms with E-state index < -0.39 is 32.2 Å². The average molecular weight is 299 g/mol. The summed E-state index contributed by atoms with van der Waals surface area (Å²) in [5.41, 5.74) is 1.38. The number of sulfone groups is 1. The predicted molar refractivity (Wildman–Crippen MR) is 75.3 cm³/mol. The highest BCUT2D eigenvalue weighted by Crippen LogP contribution is 2.18. The van der Waals surface area contributed by atoms with Gasteiger partial charge in [0.05, 0.1) is 0 Å². The summed E-state index contributed by atoms with van der Waals surface area (Å²) in [5.74, 6) is -3.12. The molecule has 0 saturated heterocycles. The number of amides is 1. The molecule has 0 spiro atoms. The molecule has 20 heavy (non-hydrogen) atoms. The van der Waals surface area contributed by atoms with Crippen LogP contribution in [-0.4, -0.2) is 35.9 Å². The van der Waals surface area contributed by atoms with E-state index in [4.69, 9.17) is 5.11 Å². The molecule has 2 N–H and O–H groups in total. The molecule has 0 bridgehead atoms. The van der Waals surface area contributed by atoms with Crippen LogP contribution < -0.4 is 5.32 Å². The third kappa shape index (κ3) is 3.57. The molecular formula is C13H17NO5S. The SMILES string of the molecule is Cc1cccc(NC(=O)CS(=O)(=O)C(C)(C)C(=O)O)c1. The molecule has 110 valence electrons. The van der Waals surface area contributed by atoms with Crippen LogP contribution in [0.5, 0.6) is 0 Å². The normalized spacial score (nSPS) is 11.9. The van der Waals surface area contributed by atoms with Crippen LogP contribution in [0.4, 0.5) is 5.69 Å². The van der Waals surface area contributed by atoms with Gasteiger partial charge in [-0.15, -0.1) is 0 Å². The smallest absolute Gasteiger partial charge is 0.324 e. The van der Waals surface area contributed by atoms with Gasteiger partial charge < -0.3 is 10.4 Å². The lowest BCUT2D eigenvalue weighted by atomic mass is 10.2. The second kappa shape index (κ2) is 5.62. The first-order chi connectivity index (χ1) is 9.06. The lowest BCUT2D eigenvalue weighted by Crippen LogP contribution is -2.44. The third-order valence-corrected chi connectivity index (χ3v) is 5.29. The number of anilines is 1. The maximum absolute atomic E-state index is 11.9. The van der Waals surface area contributed by atoms with Crippen LogP contribution in [0, 0.1) is 6.92 Å². The maximum Gasteiger partial charge on any atom is 0.324 e. The van der Waals surface area contributed by atoms with Gasteiger partial charge in [0.25, 0.3) is 0 Å². The fraction of sp³-hybridized carbons (Fsp3) is 0.385. The Kier molecular flexibility index (Phi) is 4.54.